The fourth-order valence-electron chi connectivity index (χ4n) is 3.41. The minimum atomic E-state index is -0.687. The third kappa shape index (κ3) is 4.91. The van der Waals surface area contributed by atoms with Crippen molar-refractivity contribution in [2.75, 3.05) is 31.1 Å². The molecule has 1 heterocycles. The highest BCUT2D eigenvalue weighted by Gasteiger charge is 2.31. The maximum absolute atomic E-state index is 14.0. The van der Waals surface area contributed by atoms with Crippen LogP contribution in [0.15, 0.2) is 48.5 Å². The Labute approximate surface area is 169 Å². The predicted molar refractivity (Wildman–Crippen MR) is 108 cm³/mol. The number of nitrogens with one attached hydrogen (secondary N) is 1. The van der Waals surface area contributed by atoms with E-state index in [2.05, 4.69) is 5.32 Å². The van der Waals surface area contributed by atoms with Crippen LogP contribution in [0, 0.1) is 17.6 Å². The van der Waals surface area contributed by atoms with E-state index in [4.69, 9.17) is 0 Å². The van der Waals surface area contributed by atoms with Crippen LogP contribution in [-0.2, 0) is 4.79 Å². The number of carbonyl (C=O) groups is 2. The minimum absolute atomic E-state index is 0.114. The van der Waals surface area contributed by atoms with Gasteiger partial charge in [-0.05, 0) is 42.3 Å². The van der Waals surface area contributed by atoms with Crippen molar-refractivity contribution in [1.29, 1.82) is 0 Å². The average molecular weight is 401 g/mol. The van der Waals surface area contributed by atoms with Crippen LogP contribution in [0.2, 0.25) is 0 Å². The van der Waals surface area contributed by atoms with Crippen molar-refractivity contribution in [1.82, 2.24) is 10.2 Å². The van der Waals surface area contributed by atoms with Crippen LogP contribution in [0.4, 0.5) is 14.5 Å². The topological polar surface area (TPSA) is 52.7 Å². The molecule has 2 aromatic rings. The summed E-state index contributed by atoms with van der Waals surface area (Å²) in [5, 5.41) is 2.78. The summed E-state index contributed by atoms with van der Waals surface area (Å²) in [6.45, 7) is 5.66. The van der Waals surface area contributed by atoms with Crippen molar-refractivity contribution in [3.05, 3.63) is 65.7 Å². The molecule has 1 fully saturated rings. The number of benzene rings is 2. The first kappa shape index (κ1) is 20.8. The van der Waals surface area contributed by atoms with E-state index in [1.165, 1.54) is 30.3 Å². The lowest BCUT2D eigenvalue weighted by Gasteiger charge is -2.38. The second kappa shape index (κ2) is 9.03. The van der Waals surface area contributed by atoms with Crippen molar-refractivity contribution in [2.45, 2.75) is 19.9 Å². The SMILES string of the molecule is CC(C)[C@@H](NC(=O)c1ccc(F)cc1)C(=O)N1CCN(c2ccccc2F)CC1. The van der Waals surface area contributed by atoms with Crippen LogP contribution in [0.3, 0.4) is 0 Å². The van der Waals surface area contributed by atoms with E-state index < -0.39 is 17.8 Å². The van der Waals surface area contributed by atoms with E-state index in [-0.39, 0.29) is 17.6 Å². The van der Waals surface area contributed by atoms with Gasteiger partial charge in [0.05, 0.1) is 5.69 Å². The summed E-state index contributed by atoms with van der Waals surface area (Å²) in [4.78, 5) is 29.1. The van der Waals surface area contributed by atoms with Gasteiger partial charge in [0.2, 0.25) is 5.91 Å². The molecular formula is C22H25F2N3O2. The van der Waals surface area contributed by atoms with Crippen LogP contribution in [-0.4, -0.2) is 48.9 Å². The molecule has 154 valence electrons. The van der Waals surface area contributed by atoms with Crippen molar-refractivity contribution < 1.29 is 18.4 Å². The summed E-state index contributed by atoms with van der Waals surface area (Å²) in [6, 6.07) is 11.1. The Hall–Kier alpha value is -2.96. The van der Waals surface area contributed by atoms with Crippen molar-refractivity contribution in [2.24, 2.45) is 5.92 Å². The molecule has 1 aliphatic heterocycles. The van der Waals surface area contributed by atoms with Gasteiger partial charge in [0.1, 0.15) is 17.7 Å². The Kier molecular flexibility index (Phi) is 6.46. The number of halogens is 2. The lowest BCUT2D eigenvalue weighted by molar-refractivity contribution is -0.134. The Bertz CT molecular complexity index is 863. The van der Waals surface area contributed by atoms with Crippen molar-refractivity contribution in [3.63, 3.8) is 0 Å². The monoisotopic (exact) mass is 401 g/mol. The molecule has 0 aromatic heterocycles. The van der Waals surface area contributed by atoms with E-state index in [0.29, 0.717) is 37.4 Å². The molecule has 1 atom stereocenters. The van der Waals surface area contributed by atoms with Crippen LogP contribution < -0.4 is 10.2 Å². The number of rotatable bonds is 5. The highest BCUT2D eigenvalue weighted by atomic mass is 19.1. The zero-order chi connectivity index (χ0) is 21.0. The molecule has 0 saturated carbocycles. The van der Waals surface area contributed by atoms with Gasteiger partial charge in [-0.2, -0.15) is 0 Å². The van der Waals surface area contributed by atoms with Gasteiger partial charge < -0.3 is 15.1 Å². The van der Waals surface area contributed by atoms with Crippen LogP contribution in [0.1, 0.15) is 24.2 Å². The van der Waals surface area contributed by atoms with Gasteiger partial charge in [-0.1, -0.05) is 26.0 Å². The number of anilines is 1. The second-order valence-electron chi connectivity index (χ2n) is 7.47. The first-order valence-corrected chi connectivity index (χ1v) is 9.71. The number of hydrogen-bond acceptors (Lipinski definition) is 3. The molecule has 7 heteroatoms. The summed E-state index contributed by atoms with van der Waals surface area (Å²) in [5.74, 6) is -1.40. The first-order chi connectivity index (χ1) is 13.9. The molecule has 1 N–H and O–H groups in total. The lowest BCUT2D eigenvalue weighted by Crippen LogP contribution is -2.56. The molecule has 0 spiro atoms. The molecule has 5 nitrogen and oxygen atoms in total. The Morgan fingerprint density at radius 1 is 0.931 bits per heavy atom. The molecule has 1 saturated heterocycles. The molecule has 29 heavy (non-hydrogen) atoms. The van der Waals surface area contributed by atoms with Crippen molar-refractivity contribution >= 4 is 17.5 Å². The van der Waals surface area contributed by atoms with Crippen LogP contribution in [0.25, 0.3) is 0 Å². The van der Waals surface area contributed by atoms with Gasteiger partial charge in [-0.25, -0.2) is 8.78 Å². The fraction of sp³-hybridized carbons (Fsp3) is 0.364. The lowest BCUT2D eigenvalue weighted by atomic mass is 10.0. The summed E-state index contributed by atoms with van der Waals surface area (Å²) in [5.41, 5.74) is 0.832. The molecule has 0 bridgehead atoms. The largest absolute Gasteiger partial charge is 0.366 e. The Morgan fingerprint density at radius 2 is 1.55 bits per heavy atom. The standard InChI is InChI=1S/C22H25F2N3O2/c1-15(2)20(25-21(28)16-7-9-17(23)10-8-16)22(29)27-13-11-26(12-14-27)19-6-4-3-5-18(19)24/h3-10,15,20H,11-14H2,1-2H3,(H,25,28)/t20-/m1/s1. The molecule has 3 rings (SSSR count). The maximum atomic E-state index is 14.0. The summed E-state index contributed by atoms with van der Waals surface area (Å²) >= 11 is 0. The summed E-state index contributed by atoms with van der Waals surface area (Å²) < 4.78 is 27.1. The number of para-hydroxylation sites is 1. The third-order valence-electron chi connectivity index (χ3n) is 5.11. The van der Waals surface area contributed by atoms with Crippen molar-refractivity contribution in [3.8, 4) is 0 Å². The van der Waals surface area contributed by atoms with Crippen LogP contribution in [0.5, 0.6) is 0 Å². The number of piperazine rings is 1. The average Bonchev–Trinajstić information content (AvgIpc) is 2.72. The smallest absolute Gasteiger partial charge is 0.251 e. The van der Waals surface area contributed by atoms with Gasteiger partial charge in [-0.15, -0.1) is 0 Å². The van der Waals surface area contributed by atoms with Crippen LogP contribution >= 0.6 is 0 Å². The normalized spacial score (nSPS) is 15.3. The first-order valence-electron chi connectivity index (χ1n) is 9.71. The maximum Gasteiger partial charge on any atom is 0.251 e. The van der Waals surface area contributed by atoms with E-state index in [0.717, 1.165) is 0 Å². The quantitative estimate of drug-likeness (QED) is 0.838. The van der Waals surface area contributed by atoms with E-state index in [1.807, 2.05) is 18.7 Å². The highest BCUT2D eigenvalue weighted by molar-refractivity contribution is 5.97. The van der Waals surface area contributed by atoms with E-state index in [1.54, 1.807) is 23.1 Å². The van der Waals surface area contributed by atoms with E-state index >= 15 is 0 Å². The van der Waals surface area contributed by atoms with Gasteiger partial charge in [0.25, 0.3) is 5.91 Å². The molecule has 0 radical (unpaired) electrons. The Morgan fingerprint density at radius 3 is 2.14 bits per heavy atom. The van der Waals surface area contributed by atoms with Gasteiger partial charge in [0, 0.05) is 31.7 Å². The third-order valence-corrected chi connectivity index (χ3v) is 5.11. The molecular weight excluding hydrogens is 376 g/mol. The summed E-state index contributed by atoms with van der Waals surface area (Å²) in [6.07, 6.45) is 0. The second-order valence-corrected chi connectivity index (χ2v) is 7.47. The number of nitrogens with zero attached hydrogens (tertiary/aromatic N) is 2. The predicted octanol–water partition coefficient (Wildman–Crippen LogP) is 3.07. The molecule has 2 aromatic carbocycles. The Balaban J connectivity index is 1.63. The summed E-state index contributed by atoms with van der Waals surface area (Å²) in [7, 11) is 0. The molecule has 2 amide bonds. The minimum Gasteiger partial charge on any atom is -0.366 e. The number of hydrogen-bond donors (Lipinski definition) is 1. The zero-order valence-corrected chi connectivity index (χ0v) is 16.6. The number of carbonyl (C=O) groups excluding carboxylic acids is 2. The molecule has 0 unspecified atom stereocenters. The van der Waals surface area contributed by atoms with Gasteiger partial charge >= 0.3 is 0 Å². The van der Waals surface area contributed by atoms with Gasteiger partial charge in [0.15, 0.2) is 0 Å². The molecule has 1 aliphatic rings. The fourth-order valence-corrected chi connectivity index (χ4v) is 3.41. The number of amides is 2. The van der Waals surface area contributed by atoms with E-state index in [9.17, 15) is 18.4 Å². The highest BCUT2D eigenvalue weighted by Crippen LogP contribution is 2.21. The molecule has 0 aliphatic carbocycles. The zero-order valence-electron chi connectivity index (χ0n) is 16.6. The van der Waals surface area contributed by atoms with Gasteiger partial charge in [-0.3, -0.25) is 9.59 Å².